The molecule has 0 aliphatic heterocycles. The number of carbonyl (C=O) groups excluding carboxylic acids is 1. The molecule has 128 valence electrons. The first-order valence-corrected chi connectivity index (χ1v) is 7.98. The molecule has 1 atom stereocenters. The minimum atomic E-state index is -0.266. The van der Waals surface area contributed by atoms with Crippen LogP contribution in [0.5, 0.6) is 11.5 Å². The summed E-state index contributed by atoms with van der Waals surface area (Å²) in [5.41, 5.74) is 2.23. The fourth-order valence-corrected chi connectivity index (χ4v) is 2.84. The number of esters is 1. The van der Waals surface area contributed by atoms with Crippen LogP contribution in [-0.2, 0) is 9.53 Å². The number of hydrogen-bond acceptors (Lipinski definition) is 4. The molecule has 0 bridgehead atoms. The van der Waals surface area contributed by atoms with Gasteiger partial charge in [-0.15, -0.1) is 0 Å². The largest absolute Gasteiger partial charge is 0.497 e. The normalized spacial score (nSPS) is 11.9. The van der Waals surface area contributed by atoms with Gasteiger partial charge in [0.25, 0.3) is 0 Å². The second kappa shape index (κ2) is 8.39. The van der Waals surface area contributed by atoms with Gasteiger partial charge < -0.3 is 14.2 Å². The molecule has 0 aliphatic rings. The van der Waals surface area contributed by atoms with Crippen molar-refractivity contribution in [2.45, 2.75) is 32.3 Å². The highest BCUT2D eigenvalue weighted by Gasteiger charge is 2.20. The van der Waals surface area contributed by atoms with Crippen LogP contribution < -0.4 is 9.47 Å². The first-order valence-electron chi connectivity index (χ1n) is 7.98. The van der Waals surface area contributed by atoms with Gasteiger partial charge in [-0.05, 0) is 48.7 Å². The first-order chi connectivity index (χ1) is 11.5. The molecule has 4 nitrogen and oxygen atoms in total. The smallest absolute Gasteiger partial charge is 0.302 e. The van der Waals surface area contributed by atoms with Crippen molar-refractivity contribution in [3.63, 3.8) is 0 Å². The summed E-state index contributed by atoms with van der Waals surface area (Å²) >= 11 is 0. The Kier molecular flexibility index (Phi) is 6.24. The molecule has 0 N–H and O–H groups in total. The molecule has 1 unspecified atom stereocenters. The van der Waals surface area contributed by atoms with Crippen molar-refractivity contribution in [3.05, 3.63) is 59.7 Å². The zero-order valence-electron chi connectivity index (χ0n) is 14.6. The second-order valence-electron chi connectivity index (χ2n) is 5.76. The lowest BCUT2D eigenvalue weighted by molar-refractivity contribution is -0.145. The fraction of sp³-hybridized carbons (Fsp3) is 0.350. The third-order valence-electron chi connectivity index (χ3n) is 3.93. The fourth-order valence-electron chi connectivity index (χ4n) is 2.84. The Morgan fingerprint density at radius 1 is 0.958 bits per heavy atom. The number of ether oxygens (including phenoxy) is 3. The molecule has 0 saturated heterocycles. The average molecular weight is 328 g/mol. The zero-order valence-corrected chi connectivity index (χ0v) is 14.6. The summed E-state index contributed by atoms with van der Waals surface area (Å²) in [6.45, 7) is 3.34. The summed E-state index contributed by atoms with van der Waals surface area (Å²) in [5, 5.41) is 0. The molecule has 0 radical (unpaired) electrons. The molecule has 0 saturated carbocycles. The van der Waals surface area contributed by atoms with Crippen LogP contribution in [0.3, 0.4) is 0 Å². The van der Waals surface area contributed by atoms with E-state index in [2.05, 4.69) is 12.1 Å². The van der Waals surface area contributed by atoms with E-state index in [0.29, 0.717) is 6.42 Å². The van der Waals surface area contributed by atoms with Crippen molar-refractivity contribution in [1.82, 2.24) is 0 Å². The minimum absolute atomic E-state index is 0.0737. The lowest BCUT2D eigenvalue weighted by Crippen LogP contribution is -2.17. The maximum absolute atomic E-state index is 11.2. The van der Waals surface area contributed by atoms with Crippen molar-refractivity contribution in [2.24, 2.45) is 0 Å². The Hall–Kier alpha value is -2.49. The Labute approximate surface area is 143 Å². The quantitative estimate of drug-likeness (QED) is 0.715. The molecular weight excluding hydrogens is 304 g/mol. The highest BCUT2D eigenvalue weighted by molar-refractivity contribution is 5.66. The van der Waals surface area contributed by atoms with Gasteiger partial charge in [0.15, 0.2) is 0 Å². The SMILES string of the molecule is COc1cccc(C(CC(C)OC(C)=O)c2cccc(OC)c2)c1. The number of carbonyl (C=O) groups is 1. The van der Waals surface area contributed by atoms with E-state index in [-0.39, 0.29) is 18.0 Å². The van der Waals surface area contributed by atoms with Gasteiger partial charge in [0, 0.05) is 12.8 Å². The van der Waals surface area contributed by atoms with Crippen LogP contribution in [0.2, 0.25) is 0 Å². The van der Waals surface area contributed by atoms with Crippen molar-refractivity contribution in [1.29, 1.82) is 0 Å². The van der Waals surface area contributed by atoms with Gasteiger partial charge in [0.05, 0.1) is 20.3 Å². The lowest BCUT2D eigenvalue weighted by atomic mass is 9.86. The van der Waals surface area contributed by atoms with Crippen LogP contribution in [0.25, 0.3) is 0 Å². The van der Waals surface area contributed by atoms with Crippen molar-refractivity contribution in [3.8, 4) is 11.5 Å². The van der Waals surface area contributed by atoms with Gasteiger partial charge in [-0.2, -0.15) is 0 Å². The molecule has 0 aliphatic carbocycles. The van der Waals surface area contributed by atoms with Crippen LogP contribution >= 0.6 is 0 Å². The van der Waals surface area contributed by atoms with E-state index in [4.69, 9.17) is 14.2 Å². The molecular formula is C20H24O4. The Balaban J connectivity index is 2.37. The number of methoxy groups -OCH3 is 2. The second-order valence-corrected chi connectivity index (χ2v) is 5.76. The van der Waals surface area contributed by atoms with Crippen molar-refractivity contribution in [2.75, 3.05) is 14.2 Å². The third-order valence-corrected chi connectivity index (χ3v) is 3.93. The van der Waals surface area contributed by atoms with E-state index >= 15 is 0 Å². The summed E-state index contributed by atoms with van der Waals surface area (Å²) in [4.78, 5) is 11.2. The van der Waals surface area contributed by atoms with Gasteiger partial charge in [0.1, 0.15) is 11.5 Å². The summed E-state index contributed by atoms with van der Waals surface area (Å²) < 4.78 is 16.0. The van der Waals surface area contributed by atoms with E-state index in [1.807, 2.05) is 43.3 Å². The molecule has 0 fully saturated rings. The lowest BCUT2D eigenvalue weighted by Gasteiger charge is -2.23. The van der Waals surface area contributed by atoms with Crippen LogP contribution in [0.1, 0.15) is 37.3 Å². The summed E-state index contributed by atoms with van der Waals surface area (Å²) in [6, 6.07) is 15.9. The predicted octanol–water partition coefficient (Wildman–Crippen LogP) is 4.18. The van der Waals surface area contributed by atoms with E-state index in [1.165, 1.54) is 6.92 Å². The van der Waals surface area contributed by atoms with Crippen molar-refractivity contribution < 1.29 is 19.0 Å². The van der Waals surface area contributed by atoms with Crippen LogP contribution in [0.15, 0.2) is 48.5 Å². The zero-order chi connectivity index (χ0) is 17.5. The van der Waals surface area contributed by atoms with E-state index in [9.17, 15) is 4.79 Å². The summed E-state index contributed by atoms with van der Waals surface area (Å²) in [5.74, 6) is 1.42. The predicted molar refractivity (Wildman–Crippen MR) is 93.7 cm³/mol. The Bertz CT molecular complexity index is 633. The monoisotopic (exact) mass is 328 g/mol. The maximum Gasteiger partial charge on any atom is 0.302 e. The number of rotatable bonds is 7. The molecule has 2 aromatic carbocycles. The van der Waals surface area contributed by atoms with Crippen LogP contribution in [0.4, 0.5) is 0 Å². The van der Waals surface area contributed by atoms with Gasteiger partial charge in [-0.3, -0.25) is 4.79 Å². The summed E-state index contributed by atoms with van der Waals surface area (Å²) in [6.07, 6.45) is 0.491. The molecule has 24 heavy (non-hydrogen) atoms. The molecule has 2 rings (SSSR count). The average Bonchev–Trinajstić information content (AvgIpc) is 2.59. The highest BCUT2D eigenvalue weighted by Crippen LogP contribution is 2.33. The van der Waals surface area contributed by atoms with Crippen LogP contribution in [0, 0.1) is 0 Å². The topological polar surface area (TPSA) is 44.8 Å². The molecule has 0 heterocycles. The van der Waals surface area contributed by atoms with E-state index in [1.54, 1.807) is 14.2 Å². The minimum Gasteiger partial charge on any atom is -0.497 e. The molecule has 2 aromatic rings. The highest BCUT2D eigenvalue weighted by atomic mass is 16.5. The van der Waals surface area contributed by atoms with Gasteiger partial charge >= 0.3 is 5.97 Å². The molecule has 0 spiro atoms. The Morgan fingerprint density at radius 3 is 1.88 bits per heavy atom. The van der Waals surface area contributed by atoms with Crippen LogP contribution in [-0.4, -0.2) is 26.3 Å². The third kappa shape index (κ3) is 4.75. The van der Waals surface area contributed by atoms with E-state index in [0.717, 1.165) is 22.6 Å². The summed E-state index contributed by atoms with van der Waals surface area (Å²) in [7, 11) is 3.31. The standard InChI is InChI=1S/C20H24O4/c1-14(24-15(2)21)11-20(16-7-5-9-18(12-16)22-3)17-8-6-10-19(13-17)23-4/h5-10,12-14,20H,11H2,1-4H3. The van der Waals surface area contributed by atoms with Gasteiger partial charge in [-0.25, -0.2) is 0 Å². The molecule has 0 aromatic heterocycles. The number of benzene rings is 2. The molecule has 0 amide bonds. The van der Waals surface area contributed by atoms with Crippen molar-refractivity contribution >= 4 is 5.97 Å². The first kappa shape index (κ1) is 17.9. The molecule has 4 heteroatoms. The van der Waals surface area contributed by atoms with Gasteiger partial charge in [0.2, 0.25) is 0 Å². The van der Waals surface area contributed by atoms with Gasteiger partial charge in [-0.1, -0.05) is 24.3 Å². The van der Waals surface area contributed by atoms with E-state index < -0.39 is 0 Å². The maximum atomic E-state index is 11.2. The Morgan fingerprint density at radius 2 is 1.46 bits per heavy atom. The number of hydrogen-bond donors (Lipinski definition) is 0.